The molecule has 1 aromatic rings. The van der Waals surface area contributed by atoms with Crippen molar-refractivity contribution < 1.29 is 0 Å². The second-order valence-corrected chi connectivity index (χ2v) is 3.61. The fourth-order valence-electron chi connectivity index (χ4n) is 1.50. The third-order valence-electron chi connectivity index (χ3n) is 2.21. The van der Waals surface area contributed by atoms with Crippen molar-refractivity contribution in [1.82, 2.24) is 4.98 Å². The molecule has 1 aliphatic heterocycles. The predicted octanol–water partition coefficient (Wildman–Crippen LogP) is 2.44. The molecule has 0 saturated heterocycles. The lowest BCUT2D eigenvalue weighted by atomic mass is 10.1. The molecule has 2 rings (SSSR count). The van der Waals surface area contributed by atoms with Crippen LogP contribution in [0.5, 0.6) is 0 Å². The van der Waals surface area contributed by atoms with E-state index in [-0.39, 0.29) is 6.04 Å². The van der Waals surface area contributed by atoms with E-state index in [0.29, 0.717) is 5.17 Å². The zero-order valence-electron chi connectivity index (χ0n) is 7.73. The highest BCUT2D eigenvalue weighted by Crippen LogP contribution is 2.26. The van der Waals surface area contributed by atoms with E-state index in [4.69, 9.17) is 11.6 Å². The van der Waals surface area contributed by atoms with Crippen molar-refractivity contribution in [3.63, 3.8) is 0 Å². The van der Waals surface area contributed by atoms with E-state index in [9.17, 15) is 0 Å². The number of aromatic nitrogens is 1. The van der Waals surface area contributed by atoms with Crippen LogP contribution in [-0.2, 0) is 0 Å². The molecule has 0 aromatic carbocycles. The molecule has 0 saturated carbocycles. The van der Waals surface area contributed by atoms with Gasteiger partial charge in [-0.3, -0.25) is 9.99 Å². The highest BCUT2D eigenvalue weighted by molar-refractivity contribution is 6.65. The van der Waals surface area contributed by atoms with Gasteiger partial charge in [0.1, 0.15) is 5.17 Å². The predicted molar refractivity (Wildman–Crippen MR) is 58.4 cm³/mol. The lowest BCUT2D eigenvalue weighted by molar-refractivity contribution is 0.668. The first-order valence-electron chi connectivity index (χ1n) is 4.52. The standard InChI is InChI=1S/C10H11ClN3/c1-2-8-6-10(11)13-14(8)9-4-3-5-12-7-9/h3-5,7-8H,1-2,6H2. The van der Waals surface area contributed by atoms with Crippen LogP contribution in [-0.4, -0.2) is 16.2 Å². The Morgan fingerprint density at radius 3 is 3.14 bits per heavy atom. The van der Waals surface area contributed by atoms with Crippen LogP contribution in [0.15, 0.2) is 29.6 Å². The van der Waals surface area contributed by atoms with Crippen molar-refractivity contribution in [3.8, 4) is 0 Å². The summed E-state index contributed by atoms with van der Waals surface area (Å²) in [5.41, 5.74) is 0.969. The van der Waals surface area contributed by atoms with E-state index in [0.717, 1.165) is 18.5 Å². The Hall–Kier alpha value is -1.09. The van der Waals surface area contributed by atoms with E-state index >= 15 is 0 Å². The summed E-state index contributed by atoms with van der Waals surface area (Å²) >= 11 is 5.89. The monoisotopic (exact) mass is 208 g/mol. The van der Waals surface area contributed by atoms with Gasteiger partial charge in [-0.1, -0.05) is 18.5 Å². The van der Waals surface area contributed by atoms with Gasteiger partial charge in [0.2, 0.25) is 0 Å². The molecule has 0 spiro atoms. The third kappa shape index (κ3) is 1.73. The van der Waals surface area contributed by atoms with Crippen LogP contribution in [0.2, 0.25) is 0 Å². The van der Waals surface area contributed by atoms with Crippen molar-refractivity contribution in [2.45, 2.75) is 18.9 Å². The molecule has 14 heavy (non-hydrogen) atoms. The summed E-state index contributed by atoms with van der Waals surface area (Å²) in [4.78, 5) is 4.05. The molecular formula is C10H11ClN3. The van der Waals surface area contributed by atoms with Gasteiger partial charge in [-0.25, -0.2) is 0 Å². The minimum absolute atomic E-state index is 0.270. The van der Waals surface area contributed by atoms with Crippen molar-refractivity contribution in [1.29, 1.82) is 0 Å². The van der Waals surface area contributed by atoms with Crippen molar-refractivity contribution in [3.05, 3.63) is 31.5 Å². The molecule has 2 heterocycles. The Morgan fingerprint density at radius 2 is 2.50 bits per heavy atom. The van der Waals surface area contributed by atoms with Gasteiger partial charge in [0, 0.05) is 12.6 Å². The van der Waals surface area contributed by atoms with Gasteiger partial charge >= 0.3 is 0 Å². The molecule has 0 amide bonds. The van der Waals surface area contributed by atoms with Crippen LogP contribution in [0.25, 0.3) is 0 Å². The Labute approximate surface area is 88.4 Å². The third-order valence-corrected chi connectivity index (χ3v) is 2.44. The lowest BCUT2D eigenvalue weighted by Gasteiger charge is -2.21. The first-order chi connectivity index (χ1) is 6.81. The summed E-state index contributed by atoms with van der Waals surface area (Å²) in [5.74, 6) is 0. The number of hydrogen-bond donors (Lipinski definition) is 0. The minimum Gasteiger partial charge on any atom is -0.262 e. The summed E-state index contributed by atoms with van der Waals surface area (Å²) < 4.78 is 0. The molecule has 4 heteroatoms. The van der Waals surface area contributed by atoms with Crippen LogP contribution in [0.4, 0.5) is 5.69 Å². The van der Waals surface area contributed by atoms with E-state index in [2.05, 4.69) is 17.0 Å². The molecule has 1 atom stereocenters. The molecule has 1 radical (unpaired) electrons. The van der Waals surface area contributed by atoms with Crippen molar-refractivity contribution in [2.75, 3.05) is 5.01 Å². The maximum Gasteiger partial charge on any atom is 0.128 e. The molecule has 0 fully saturated rings. The van der Waals surface area contributed by atoms with Crippen LogP contribution in [0.1, 0.15) is 12.8 Å². The second-order valence-electron chi connectivity index (χ2n) is 3.18. The fraction of sp³-hybridized carbons (Fsp3) is 0.300. The SMILES string of the molecule is [CH2]CC1CC(Cl)=NN1c1cccnc1. The van der Waals surface area contributed by atoms with Gasteiger partial charge in [-0.2, -0.15) is 5.10 Å². The maximum atomic E-state index is 5.89. The molecular weight excluding hydrogens is 198 g/mol. The zero-order chi connectivity index (χ0) is 9.97. The normalized spacial score (nSPS) is 21.1. The minimum atomic E-state index is 0.270. The lowest BCUT2D eigenvalue weighted by Crippen LogP contribution is -2.25. The number of hydrazone groups is 1. The Kier molecular flexibility index (Phi) is 2.68. The molecule has 1 unspecified atom stereocenters. The smallest absolute Gasteiger partial charge is 0.128 e. The van der Waals surface area contributed by atoms with Crippen LogP contribution >= 0.6 is 11.6 Å². The average molecular weight is 209 g/mol. The van der Waals surface area contributed by atoms with Gasteiger partial charge in [0.25, 0.3) is 0 Å². The number of anilines is 1. The first kappa shape index (κ1) is 9.46. The molecule has 1 aromatic heterocycles. The summed E-state index contributed by atoms with van der Waals surface area (Å²) in [6.07, 6.45) is 5.08. The maximum absolute atomic E-state index is 5.89. The first-order valence-corrected chi connectivity index (χ1v) is 4.90. The molecule has 0 aliphatic carbocycles. The number of rotatable bonds is 2. The molecule has 1 aliphatic rings. The van der Waals surface area contributed by atoms with Gasteiger partial charge < -0.3 is 0 Å². The highest BCUT2D eigenvalue weighted by Gasteiger charge is 2.25. The highest BCUT2D eigenvalue weighted by atomic mass is 35.5. The van der Waals surface area contributed by atoms with E-state index in [1.165, 1.54) is 0 Å². The fourth-order valence-corrected chi connectivity index (χ4v) is 1.76. The molecule has 73 valence electrons. The number of nitrogens with zero attached hydrogens (tertiary/aromatic N) is 3. The number of hydrogen-bond acceptors (Lipinski definition) is 3. The number of pyridine rings is 1. The van der Waals surface area contributed by atoms with E-state index in [1.807, 2.05) is 17.1 Å². The van der Waals surface area contributed by atoms with Crippen LogP contribution in [0.3, 0.4) is 0 Å². The largest absolute Gasteiger partial charge is 0.262 e. The van der Waals surface area contributed by atoms with Gasteiger partial charge in [0.15, 0.2) is 0 Å². The summed E-state index contributed by atoms with van der Waals surface area (Å²) in [7, 11) is 0. The van der Waals surface area contributed by atoms with E-state index < -0.39 is 0 Å². The van der Waals surface area contributed by atoms with Gasteiger partial charge in [-0.15, -0.1) is 0 Å². The summed E-state index contributed by atoms with van der Waals surface area (Å²) in [6, 6.07) is 4.12. The average Bonchev–Trinajstić information content (AvgIpc) is 2.61. The number of halogens is 1. The summed E-state index contributed by atoms with van der Waals surface area (Å²) in [6.45, 7) is 3.88. The zero-order valence-corrected chi connectivity index (χ0v) is 8.48. The van der Waals surface area contributed by atoms with Gasteiger partial charge in [0.05, 0.1) is 17.9 Å². The Bertz CT molecular complexity index is 336. The van der Waals surface area contributed by atoms with Crippen LogP contribution in [0, 0.1) is 6.92 Å². The quantitative estimate of drug-likeness (QED) is 0.747. The second kappa shape index (κ2) is 3.96. The van der Waals surface area contributed by atoms with Crippen LogP contribution < -0.4 is 5.01 Å². The Morgan fingerprint density at radius 1 is 1.64 bits per heavy atom. The molecule has 0 bridgehead atoms. The van der Waals surface area contributed by atoms with Gasteiger partial charge in [-0.05, 0) is 18.6 Å². The van der Waals surface area contributed by atoms with Crippen molar-refractivity contribution >= 4 is 22.5 Å². The molecule has 0 N–H and O–H groups in total. The molecule has 3 nitrogen and oxygen atoms in total. The summed E-state index contributed by atoms with van der Waals surface area (Å²) in [5, 5.41) is 6.78. The Balaban J connectivity index is 2.25. The van der Waals surface area contributed by atoms with Crippen molar-refractivity contribution in [2.24, 2.45) is 5.10 Å². The van der Waals surface area contributed by atoms with E-state index in [1.54, 1.807) is 12.4 Å². The topological polar surface area (TPSA) is 28.5 Å².